The summed E-state index contributed by atoms with van der Waals surface area (Å²) < 4.78 is 0. The average molecular weight is 250 g/mol. The van der Waals surface area contributed by atoms with E-state index < -0.39 is 0 Å². The number of amides is 1. The molecule has 0 atom stereocenters. The summed E-state index contributed by atoms with van der Waals surface area (Å²) in [5.74, 6) is 5.27. The van der Waals surface area contributed by atoms with Crippen molar-refractivity contribution in [3.8, 4) is 0 Å². The van der Waals surface area contributed by atoms with E-state index in [0.29, 0.717) is 17.8 Å². The number of pyridine rings is 1. The minimum absolute atomic E-state index is 0.0291. The second kappa shape index (κ2) is 5.79. The lowest BCUT2D eigenvalue weighted by atomic mass is 9.91. The molecule has 0 bridgehead atoms. The Balaban J connectivity index is 2.21. The number of rotatable bonds is 5. The average Bonchev–Trinajstić information content (AvgIpc) is 2.35. The van der Waals surface area contributed by atoms with Crippen LogP contribution in [0.1, 0.15) is 29.6 Å². The summed E-state index contributed by atoms with van der Waals surface area (Å²) in [5.41, 5.74) is 3.47. The van der Waals surface area contributed by atoms with Gasteiger partial charge in [0.05, 0.1) is 24.1 Å². The molecular formula is C12H18N4O2. The number of hydrogen-bond donors (Lipinski definition) is 3. The van der Waals surface area contributed by atoms with Gasteiger partial charge in [-0.15, -0.1) is 0 Å². The van der Waals surface area contributed by atoms with Crippen LogP contribution in [0.3, 0.4) is 0 Å². The van der Waals surface area contributed by atoms with E-state index in [4.69, 9.17) is 10.9 Å². The van der Waals surface area contributed by atoms with Gasteiger partial charge in [-0.1, -0.05) is 0 Å². The Morgan fingerprint density at radius 1 is 1.61 bits per heavy atom. The number of nitrogens with zero attached hydrogens (tertiary/aromatic N) is 2. The van der Waals surface area contributed by atoms with Crippen LogP contribution in [0.5, 0.6) is 0 Å². The van der Waals surface area contributed by atoms with Crippen molar-refractivity contribution in [2.45, 2.75) is 25.3 Å². The molecule has 1 heterocycles. The number of hydrogen-bond acceptors (Lipinski definition) is 5. The summed E-state index contributed by atoms with van der Waals surface area (Å²) >= 11 is 0. The number of carbonyl (C=O) groups excluding carboxylic acids is 1. The van der Waals surface area contributed by atoms with Crippen molar-refractivity contribution in [2.24, 2.45) is 5.84 Å². The maximum atomic E-state index is 12.4. The summed E-state index contributed by atoms with van der Waals surface area (Å²) in [6.45, 7) is 0.328. The smallest absolute Gasteiger partial charge is 0.256 e. The number of aliphatic hydroxyl groups excluding tert-OH is 1. The lowest BCUT2D eigenvalue weighted by Gasteiger charge is -2.37. The zero-order chi connectivity index (χ0) is 13.0. The van der Waals surface area contributed by atoms with Crippen LogP contribution in [0, 0.1) is 0 Å². The molecule has 98 valence electrons. The molecule has 1 fully saturated rings. The molecule has 1 saturated carbocycles. The lowest BCUT2D eigenvalue weighted by molar-refractivity contribution is 0.0526. The number of anilines is 1. The lowest BCUT2D eigenvalue weighted by Crippen LogP contribution is -2.45. The highest BCUT2D eigenvalue weighted by Crippen LogP contribution is 2.27. The summed E-state index contributed by atoms with van der Waals surface area (Å²) in [4.78, 5) is 18.1. The molecule has 0 radical (unpaired) electrons. The molecule has 1 aromatic rings. The summed E-state index contributed by atoms with van der Waals surface area (Å²) in [7, 11) is 0. The fourth-order valence-corrected chi connectivity index (χ4v) is 2.11. The van der Waals surface area contributed by atoms with E-state index >= 15 is 0 Å². The van der Waals surface area contributed by atoms with Crippen LogP contribution < -0.4 is 11.3 Å². The van der Waals surface area contributed by atoms with Crippen molar-refractivity contribution in [2.75, 3.05) is 18.6 Å². The summed E-state index contributed by atoms with van der Waals surface area (Å²) in [6, 6.07) is 1.88. The van der Waals surface area contributed by atoms with Crippen molar-refractivity contribution >= 4 is 11.6 Å². The first-order chi connectivity index (χ1) is 8.77. The number of nitrogen functional groups attached to an aromatic ring is 1. The number of nitrogens with two attached hydrogens (primary N) is 1. The molecule has 1 aliphatic carbocycles. The van der Waals surface area contributed by atoms with Gasteiger partial charge in [0.2, 0.25) is 0 Å². The molecule has 0 spiro atoms. The molecule has 2 rings (SSSR count). The minimum Gasteiger partial charge on any atom is -0.395 e. The van der Waals surface area contributed by atoms with E-state index in [1.807, 2.05) is 0 Å². The molecule has 6 nitrogen and oxygen atoms in total. The number of aromatic nitrogens is 1. The van der Waals surface area contributed by atoms with Gasteiger partial charge in [-0.3, -0.25) is 15.6 Å². The third-order valence-electron chi connectivity index (χ3n) is 3.32. The highest BCUT2D eigenvalue weighted by atomic mass is 16.3. The van der Waals surface area contributed by atoms with Crippen molar-refractivity contribution in [1.82, 2.24) is 9.88 Å². The normalized spacial score (nSPS) is 15.0. The highest BCUT2D eigenvalue weighted by molar-refractivity contribution is 5.99. The molecular weight excluding hydrogens is 232 g/mol. The molecule has 0 saturated heterocycles. The maximum absolute atomic E-state index is 12.4. The molecule has 0 unspecified atom stereocenters. The van der Waals surface area contributed by atoms with Gasteiger partial charge in [-0.25, -0.2) is 0 Å². The predicted octanol–water partition coefficient (Wildman–Crippen LogP) is 0.354. The minimum atomic E-state index is -0.107. The third-order valence-corrected chi connectivity index (χ3v) is 3.32. The highest BCUT2D eigenvalue weighted by Gasteiger charge is 2.29. The third kappa shape index (κ3) is 2.44. The summed E-state index contributed by atoms with van der Waals surface area (Å²) in [5, 5.41) is 9.08. The van der Waals surface area contributed by atoms with E-state index in [9.17, 15) is 4.79 Å². The Morgan fingerprint density at radius 2 is 2.39 bits per heavy atom. The fourth-order valence-electron chi connectivity index (χ4n) is 2.11. The van der Waals surface area contributed by atoms with E-state index in [2.05, 4.69) is 10.4 Å². The van der Waals surface area contributed by atoms with Crippen LogP contribution in [0.2, 0.25) is 0 Å². The summed E-state index contributed by atoms with van der Waals surface area (Å²) in [6.07, 6.45) is 6.22. The molecule has 18 heavy (non-hydrogen) atoms. The Bertz CT molecular complexity index is 420. The van der Waals surface area contributed by atoms with Crippen molar-refractivity contribution in [3.05, 3.63) is 24.0 Å². The zero-order valence-corrected chi connectivity index (χ0v) is 10.2. The van der Waals surface area contributed by atoms with E-state index in [0.717, 1.165) is 19.3 Å². The van der Waals surface area contributed by atoms with Crippen LogP contribution in [-0.4, -0.2) is 40.1 Å². The van der Waals surface area contributed by atoms with Crippen LogP contribution in [0.4, 0.5) is 5.69 Å². The Labute approximate surface area is 106 Å². The number of hydrazine groups is 1. The standard InChI is InChI=1S/C12H18N4O2/c13-15-11-8-14-5-4-10(11)12(18)16(6-7-17)9-2-1-3-9/h4-5,8-9,15,17H,1-3,6-7,13H2. The second-order valence-corrected chi connectivity index (χ2v) is 4.37. The topological polar surface area (TPSA) is 91.5 Å². The Morgan fingerprint density at radius 3 is 2.94 bits per heavy atom. The quantitative estimate of drug-likeness (QED) is 0.518. The van der Waals surface area contributed by atoms with Crippen molar-refractivity contribution < 1.29 is 9.90 Å². The SMILES string of the molecule is NNc1cnccc1C(=O)N(CCO)C1CCC1. The van der Waals surface area contributed by atoms with Gasteiger partial charge in [-0.2, -0.15) is 0 Å². The van der Waals surface area contributed by atoms with Gasteiger partial charge in [-0.05, 0) is 25.3 Å². The number of nitrogens with one attached hydrogen (secondary N) is 1. The van der Waals surface area contributed by atoms with Gasteiger partial charge in [0.15, 0.2) is 0 Å². The molecule has 0 aromatic carbocycles. The van der Waals surface area contributed by atoms with Crippen LogP contribution in [-0.2, 0) is 0 Å². The largest absolute Gasteiger partial charge is 0.395 e. The first-order valence-corrected chi connectivity index (χ1v) is 6.10. The van der Waals surface area contributed by atoms with E-state index in [1.165, 1.54) is 6.20 Å². The van der Waals surface area contributed by atoms with Crippen molar-refractivity contribution in [3.63, 3.8) is 0 Å². The molecule has 1 amide bonds. The molecule has 4 N–H and O–H groups in total. The van der Waals surface area contributed by atoms with Gasteiger partial charge in [0.25, 0.3) is 5.91 Å². The maximum Gasteiger partial charge on any atom is 0.256 e. The first-order valence-electron chi connectivity index (χ1n) is 6.10. The molecule has 0 aliphatic heterocycles. The number of carbonyl (C=O) groups is 1. The monoisotopic (exact) mass is 250 g/mol. The van der Waals surface area contributed by atoms with Crippen molar-refractivity contribution in [1.29, 1.82) is 0 Å². The Hall–Kier alpha value is -1.66. The number of aliphatic hydroxyl groups is 1. The van der Waals surface area contributed by atoms with Crippen LogP contribution >= 0.6 is 0 Å². The van der Waals surface area contributed by atoms with Gasteiger partial charge in [0.1, 0.15) is 0 Å². The molecule has 1 aromatic heterocycles. The molecule has 6 heteroatoms. The second-order valence-electron chi connectivity index (χ2n) is 4.37. The zero-order valence-electron chi connectivity index (χ0n) is 10.2. The fraction of sp³-hybridized carbons (Fsp3) is 0.500. The van der Waals surface area contributed by atoms with Crippen LogP contribution in [0.15, 0.2) is 18.5 Å². The first kappa shape index (κ1) is 12.8. The molecule has 1 aliphatic rings. The Kier molecular flexibility index (Phi) is 4.11. The van der Waals surface area contributed by atoms with Gasteiger partial charge < -0.3 is 15.4 Å². The predicted molar refractivity (Wildman–Crippen MR) is 67.8 cm³/mol. The van der Waals surface area contributed by atoms with Gasteiger partial charge >= 0.3 is 0 Å². The van der Waals surface area contributed by atoms with E-state index in [1.54, 1.807) is 17.2 Å². The van der Waals surface area contributed by atoms with Gasteiger partial charge in [0, 0.05) is 18.8 Å². The van der Waals surface area contributed by atoms with E-state index in [-0.39, 0.29) is 18.6 Å². The van der Waals surface area contributed by atoms with Crippen LogP contribution in [0.25, 0.3) is 0 Å².